The number of rotatable bonds is 4. The summed E-state index contributed by atoms with van der Waals surface area (Å²) in [6, 6.07) is 12.5. The highest BCUT2D eigenvalue weighted by Crippen LogP contribution is 2.28. The van der Waals surface area contributed by atoms with Gasteiger partial charge in [0, 0.05) is 5.92 Å². The molecule has 2 N–H and O–H groups in total. The van der Waals surface area contributed by atoms with Crippen LogP contribution in [-0.4, -0.2) is 40.4 Å². The maximum atomic E-state index is 13.6. The molecule has 2 heterocycles. The summed E-state index contributed by atoms with van der Waals surface area (Å²) in [6.45, 7) is 4.00. The van der Waals surface area contributed by atoms with Crippen LogP contribution in [0.15, 0.2) is 42.5 Å². The maximum Gasteiger partial charge on any atom is 0.238 e. The van der Waals surface area contributed by atoms with Crippen molar-refractivity contribution in [3.63, 3.8) is 0 Å². The van der Waals surface area contributed by atoms with Crippen LogP contribution in [-0.2, 0) is 4.79 Å². The van der Waals surface area contributed by atoms with E-state index in [0.29, 0.717) is 5.92 Å². The minimum atomic E-state index is -0.412. The number of aryl methyl sites for hydroxylation is 1. The Labute approximate surface area is 157 Å². The van der Waals surface area contributed by atoms with E-state index in [-0.39, 0.29) is 18.1 Å². The molecule has 0 radical (unpaired) electrons. The molecule has 1 amide bonds. The van der Waals surface area contributed by atoms with Crippen molar-refractivity contribution in [3.8, 4) is 0 Å². The number of hydrogen-bond acceptors (Lipinski definition) is 3. The van der Waals surface area contributed by atoms with Crippen LogP contribution >= 0.6 is 0 Å². The van der Waals surface area contributed by atoms with Gasteiger partial charge < -0.3 is 10.3 Å². The van der Waals surface area contributed by atoms with Gasteiger partial charge in [0.25, 0.3) is 0 Å². The van der Waals surface area contributed by atoms with Gasteiger partial charge in [-0.15, -0.1) is 0 Å². The molecule has 6 heteroatoms. The molecule has 0 unspecified atom stereocenters. The average molecular weight is 366 g/mol. The number of benzene rings is 2. The van der Waals surface area contributed by atoms with E-state index in [4.69, 9.17) is 4.98 Å². The van der Waals surface area contributed by atoms with Gasteiger partial charge in [-0.25, -0.2) is 9.37 Å². The summed E-state index contributed by atoms with van der Waals surface area (Å²) in [5.41, 5.74) is 3.53. The third-order valence-electron chi connectivity index (χ3n) is 5.15. The summed E-state index contributed by atoms with van der Waals surface area (Å²) in [4.78, 5) is 22.5. The molecule has 1 fully saturated rings. The van der Waals surface area contributed by atoms with Gasteiger partial charge in [-0.05, 0) is 62.7 Å². The second-order valence-corrected chi connectivity index (χ2v) is 7.22. The van der Waals surface area contributed by atoms with Crippen molar-refractivity contribution in [2.75, 3.05) is 25.0 Å². The largest absolute Gasteiger partial charge is 0.342 e. The van der Waals surface area contributed by atoms with Crippen molar-refractivity contribution in [1.29, 1.82) is 0 Å². The maximum absolute atomic E-state index is 13.6. The molecule has 2 aromatic carbocycles. The summed E-state index contributed by atoms with van der Waals surface area (Å²) in [7, 11) is 0. The molecule has 5 nitrogen and oxygen atoms in total. The lowest BCUT2D eigenvalue weighted by Gasteiger charge is -2.30. The molecule has 1 aliphatic heterocycles. The molecule has 0 bridgehead atoms. The molecule has 0 atom stereocenters. The standard InChI is InChI=1S/C21H23FN4O/c1-14-6-7-18-19(12-14)25-21(24-18)15-8-10-26(11-9-15)13-20(27)23-17-5-3-2-4-16(17)22/h2-7,12,15H,8-11,13H2,1H3,(H,23,27)(H,24,25). The van der Waals surface area contributed by atoms with Gasteiger partial charge in [-0.3, -0.25) is 9.69 Å². The number of halogens is 1. The lowest BCUT2D eigenvalue weighted by atomic mass is 9.96. The van der Waals surface area contributed by atoms with E-state index in [9.17, 15) is 9.18 Å². The van der Waals surface area contributed by atoms with Crippen LogP contribution in [0.25, 0.3) is 11.0 Å². The highest BCUT2D eigenvalue weighted by atomic mass is 19.1. The number of anilines is 1. The number of aromatic nitrogens is 2. The number of H-pyrrole nitrogens is 1. The lowest BCUT2D eigenvalue weighted by molar-refractivity contribution is -0.117. The van der Waals surface area contributed by atoms with Gasteiger partial charge in [-0.2, -0.15) is 0 Å². The van der Waals surface area contributed by atoms with Gasteiger partial charge >= 0.3 is 0 Å². The molecule has 0 saturated carbocycles. The van der Waals surface area contributed by atoms with Crippen molar-refractivity contribution < 1.29 is 9.18 Å². The number of carbonyl (C=O) groups excluding carboxylic acids is 1. The minimum Gasteiger partial charge on any atom is -0.342 e. The number of imidazole rings is 1. The predicted molar refractivity (Wildman–Crippen MR) is 104 cm³/mol. The smallest absolute Gasteiger partial charge is 0.238 e. The number of likely N-dealkylation sites (tertiary alicyclic amines) is 1. The Morgan fingerprint density at radius 2 is 2.04 bits per heavy atom. The SMILES string of the molecule is Cc1ccc2nc(C3CCN(CC(=O)Nc4ccccc4F)CC3)[nH]c2c1. The van der Waals surface area contributed by atoms with Crippen LogP contribution in [0.1, 0.15) is 30.1 Å². The molecule has 4 rings (SSSR count). The monoisotopic (exact) mass is 366 g/mol. The third-order valence-corrected chi connectivity index (χ3v) is 5.15. The number of carbonyl (C=O) groups is 1. The lowest BCUT2D eigenvalue weighted by Crippen LogP contribution is -2.39. The molecule has 1 saturated heterocycles. The van der Waals surface area contributed by atoms with Crippen molar-refractivity contribution in [3.05, 3.63) is 59.7 Å². The van der Waals surface area contributed by atoms with E-state index in [1.807, 2.05) is 6.07 Å². The minimum absolute atomic E-state index is 0.183. The van der Waals surface area contributed by atoms with Crippen LogP contribution in [0.3, 0.4) is 0 Å². The first-order chi connectivity index (χ1) is 13.1. The van der Waals surface area contributed by atoms with E-state index in [2.05, 4.69) is 34.3 Å². The quantitative estimate of drug-likeness (QED) is 0.738. The summed E-state index contributed by atoms with van der Waals surface area (Å²) >= 11 is 0. The van der Waals surface area contributed by atoms with E-state index >= 15 is 0 Å². The van der Waals surface area contributed by atoms with E-state index < -0.39 is 5.82 Å². The highest BCUT2D eigenvalue weighted by molar-refractivity contribution is 5.92. The molecular formula is C21H23FN4O. The van der Waals surface area contributed by atoms with Crippen LogP contribution in [0.2, 0.25) is 0 Å². The summed E-state index contributed by atoms with van der Waals surface area (Å²) < 4.78 is 13.6. The van der Waals surface area contributed by atoms with E-state index in [0.717, 1.165) is 42.8 Å². The van der Waals surface area contributed by atoms with Gasteiger partial charge in [0.05, 0.1) is 23.3 Å². The van der Waals surface area contributed by atoms with E-state index in [1.165, 1.54) is 11.6 Å². The molecule has 0 aliphatic carbocycles. The number of aromatic amines is 1. The second kappa shape index (κ2) is 7.48. The number of para-hydroxylation sites is 1. The molecule has 140 valence electrons. The zero-order valence-electron chi connectivity index (χ0n) is 15.3. The molecular weight excluding hydrogens is 343 g/mol. The Morgan fingerprint density at radius 1 is 1.26 bits per heavy atom. The van der Waals surface area contributed by atoms with Crippen LogP contribution in [0.4, 0.5) is 10.1 Å². The second-order valence-electron chi connectivity index (χ2n) is 7.22. The van der Waals surface area contributed by atoms with Crippen molar-refractivity contribution in [2.45, 2.75) is 25.7 Å². The average Bonchev–Trinajstić information content (AvgIpc) is 3.07. The fourth-order valence-corrected chi connectivity index (χ4v) is 3.66. The molecule has 1 aliphatic rings. The number of fused-ring (bicyclic) bond motifs is 1. The van der Waals surface area contributed by atoms with E-state index in [1.54, 1.807) is 18.2 Å². The third kappa shape index (κ3) is 4.01. The molecule has 27 heavy (non-hydrogen) atoms. The number of nitrogens with zero attached hydrogens (tertiary/aromatic N) is 2. The van der Waals surface area contributed by atoms with Crippen molar-refractivity contribution >= 4 is 22.6 Å². The first kappa shape index (κ1) is 17.7. The first-order valence-electron chi connectivity index (χ1n) is 9.31. The van der Waals surface area contributed by atoms with Crippen LogP contribution in [0.5, 0.6) is 0 Å². The number of hydrogen-bond donors (Lipinski definition) is 2. The summed E-state index contributed by atoms with van der Waals surface area (Å²) in [6.07, 6.45) is 1.90. The number of nitrogens with one attached hydrogen (secondary N) is 2. The Balaban J connectivity index is 1.33. The van der Waals surface area contributed by atoms with Gasteiger partial charge in [0.1, 0.15) is 11.6 Å². The summed E-state index contributed by atoms with van der Waals surface area (Å²) in [5.74, 6) is 0.817. The Morgan fingerprint density at radius 3 is 2.81 bits per heavy atom. The zero-order valence-corrected chi connectivity index (χ0v) is 15.3. The fraction of sp³-hybridized carbons (Fsp3) is 0.333. The number of amides is 1. The molecule has 1 aromatic heterocycles. The fourth-order valence-electron chi connectivity index (χ4n) is 3.66. The first-order valence-corrected chi connectivity index (χ1v) is 9.31. The Hall–Kier alpha value is -2.73. The normalized spacial score (nSPS) is 15.9. The van der Waals surface area contributed by atoms with Crippen LogP contribution < -0.4 is 5.32 Å². The molecule has 0 spiro atoms. The summed E-state index contributed by atoms with van der Waals surface area (Å²) in [5, 5.41) is 2.65. The van der Waals surface area contributed by atoms with Gasteiger partial charge in [0.15, 0.2) is 0 Å². The zero-order chi connectivity index (χ0) is 18.8. The van der Waals surface area contributed by atoms with Crippen molar-refractivity contribution in [2.24, 2.45) is 0 Å². The van der Waals surface area contributed by atoms with Gasteiger partial charge in [0.2, 0.25) is 5.91 Å². The Kier molecular flexibility index (Phi) is 4.90. The topological polar surface area (TPSA) is 61.0 Å². The highest BCUT2D eigenvalue weighted by Gasteiger charge is 2.24. The predicted octanol–water partition coefficient (Wildman–Crippen LogP) is 3.83. The van der Waals surface area contributed by atoms with Crippen molar-refractivity contribution in [1.82, 2.24) is 14.9 Å². The van der Waals surface area contributed by atoms with Gasteiger partial charge in [-0.1, -0.05) is 18.2 Å². The Bertz CT molecular complexity index is 960. The molecule has 3 aromatic rings. The van der Waals surface area contributed by atoms with Crippen LogP contribution in [0, 0.1) is 12.7 Å². The number of piperidine rings is 1.